The largest absolute Gasteiger partial charge is 0.416 e. The molecule has 0 saturated carbocycles. The molecule has 0 bridgehead atoms. The van der Waals surface area contributed by atoms with Crippen LogP contribution in [-0.4, -0.2) is 41.4 Å². The molecule has 2 heterocycles. The number of alkyl halides is 3. The van der Waals surface area contributed by atoms with Gasteiger partial charge in [0.15, 0.2) is 5.03 Å². The van der Waals surface area contributed by atoms with Gasteiger partial charge in [-0.2, -0.15) is 17.5 Å². The fourth-order valence-electron chi connectivity index (χ4n) is 3.80. The van der Waals surface area contributed by atoms with Crippen LogP contribution in [0.15, 0.2) is 72.1 Å². The van der Waals surface area contributed by atoms with Crippen molar-refractivity contribution in [2.45, 2.75) is 23.2 Å². The average Bonchev–Trinajstić information content (AvgIpc) is 3.36. The van der Waals surface area contributed by atoms with Gasteiger partial charge < -0.3 is 9.88 Å². The smallest absolute Gasteiger partial charge is 0.380 e. The molecule has 0 aliphatic carbocycles. The lowest BCUT2D eigenvalue weighted by atomic mass is 9.94. The van der Waals surface area contributed by atoms with E-state index in [0.29, 0.717) is 0 Å². The van der Waals surface area contributed by atoms with Gasteiger partial charge in [-0.25, -0.2) is 13.4 Å². The van der Waals surface area contributed by atoms with Crippen LogP contribution in [-0.2, 0) is 23.2 Å². The van der Waals surface area contributed by atoms with Gasteiger partial charge in [0.05, 0.1) is 11.9 Å². The van der Waals surface area contributed by atoms with E-state index in [1.807, 2.05) is 30.3 Å². The van der Waals surface area contributed by atoms with Crippen molar-refractivity contribution in [3.05, 3.63) is 78.2 Å². The maximum absolute atomic E-state index is 13.1. The highest BCUT2D eigenvalue weighted by Crippen LogP contribution is 2.35. The number of nitrogens with one attached hydrogen (secondary N) is 1. The monoisotopic (exact) mass is 450 g/mol. The van der Waals surface area contributed by atoms with Crippen molar-refractivity contribution >= 4 is 15.7 Å². The number of imidazole rings is 1. The summed E-state index contributed by atoms with van der Waals surface area (Å²) in [6.45, 7) is 0.300. The van der Waals surface area contributed by atoms with Crippen LogP contribution >= 0.6 is 0 Å². The topological polar surface area (TPSA) is 67.2 Å². The average molecular weight is 450 g/mol. The molecule has 1 aromatic heterocycles. The highest BCUT2D eigenvalue weighted by molar-refractivity contribution is 7.89. The molecule has 1 aliphatic rings. The van der Waals surface area contributed by atoms with Crippen LogP contribution in [0, 0.1) is 0 Å². The summed E-state index contributed by atoms with van der Waals surface area (Å²) in [4.78, 5) is 3.97. The Bertz CT molecular complexity index is 1160. The van der Waals surface area contributed by atoms with Gasteiger partial charge in [0.2, 0.25) is 0 Å². The van der Waals surface area contributed by atoms with Gasteiger partial charge >= 0.3 is 6.18 Å². The van der Waals surface area contributed by atoms with Crippen molar-refractivity contribution in [3.63, 3.8) is 0 Å². The zero-order valence-electron chi connectivity index (χ0n) is 16.6. The number of halogens is 3. The van der Waals surface area contributed by atoms with Crippen molar-refractivity contribution in [2.75, 3.05) is 18.4 Å². The van der Waals surface area contributed by atoms with Crippen molar-refractivity contribution in [1.82, 2.24) is 13.9 Å². The molecular weight excluding hydrogens is 429 g/mol. The van der Waals surface area contributed by atoms with Gasteiger partial charge in [0, 0.05) is 44.0 Å². The molecule has 31 heavy (non-hydrogen) atoms. The zero-order chi connectivity index (χ0) is 22.2. The molecule has 6 nitrogen and oxygen atoms in total. The molecule has 1 aliphatic heterocycles. The minimum atomic E-state index is -4.46. The van der Waals surface area contributed by atoms with Crippen LogP contribution in [0.3, 0.4) is 0 Å². The summed E-state index contributed by atoms with van der Waals surface area (Å²) in [5, 5.41) is 3.07. The Labute approximate surface area is 178 Å². The predicted octanol–water partition coefficient (Wildman–Crippen LogP) is 3.71. The Kier molecular flexibility index (Phi) is 5.52. The number of benzene rings is 2. The molecule has 10 heteroatoms. The van der Waals surface area contributed by atoms with E-state index in [4.69, 9.17) is 0 Å². The number of nitrogens with zero attached hydrogens (tertiary/aromatic N) is 3. The standard InChI is InChI=1S/C21H21F3N4O2S/c1-27-13-20(25-14-27)31(29,30)28-11-18(15-6-3-2-4-7-15)19(12-28)26-17-9-5-8-16(10-17)21(22,23)24/h2-10,13-14,18-19,26H,11-12H2,1H3/t18-,19+/m1/s1. The lowest BCUT2D eigenvalue weighted by Crippen LogP contribution is -2.32. The second-order valence-corrected chi connectivity index (χ2v) is 9.43. The van der Waals surface area contributed by atoms with Crippen molar-refractivity contribution in [2.24, 2.45) is 7.05 Å². The number of hydrogen-bond donors (Lipinski definition) is 1. The zero-order valence-corrected chi connectivity index (χ0v) is 17.4. The maximum atomic E-state index is 13.1. The van der Waals surface area contributed by atoms with Gasteiger partial charge in [0.25, 0.3) is 10.0 Å². The lowest BCUT2D eigenvalue weighted by Gasteiger charge is -2.22. The quantitative estimate of drug-likeness (QED) is 0.644. The third-order valence-electron chi connectivity index (χ3n) is 5.34. The second-order valence-electron chi connectivity index (χ2n) is 7.55. The van der Waals surface area contributed by atoms with Gasteiger partial charge in [-0.15, -0.1) is 0 Å². The Morgan fingerprint density at radius 3 is 2.45 bits per heavy atom. The van der Waals surface area contributed by atoms with Gasteiger partial charge in [-0.1, -0.05) is 36.4 Å². The van der Waals surface area contributed by atoms with E-state index in [0.717, 1.165) is 17.7 Å². The van der Waals surface area contributed by atoms with E-state index >= 15 is 0 Å². The molecule has 1 fully saturated rings. The van der Waals surface area contributed by atoms with E-state index in [-0.39, 0.29) is 29.7 Å². The van der Waals surface area contributed by atoms with Crippen molar-refractivity contribution in [1.29, 1.82) is 0 Å². The summed E-state index contributed by atoms with van der Waals surface area (Å²) in [5.41, 5.74) is 0.438. The van der Waals surface area contributed by atoms with Crippen LogP contribution in [0.5, 0.6) is 0 Å². The first-order valence-corrected chi connectivity index (χ1v) is 11.1. The maximum Gasteiger partial charge on any atom is 0.416 e. The van der Waals surface area contributed by atoms with Crippen LogP contribution in [0.4, 0.5) is 18.9 Å². The fraction of sp³-hybridized carbons (Fsp3) is 0.286. The highest BCUT2D eigenvalue weighted by Gasteiger charge is 2.41. The Morgan fingerprint density at radius 1 is 1.06 bits per heavy atom. The molecule has 0 radical (unpaired) electrons. The fourth-order valence-corrected chi connectivity index (χ4v) is 5.26. The van der Waals surface area contributed by atoms with E-state index in [1.165, 1.54) is 22.9 Å². The van der Waals surface area contributed by atoms with Crippen LogP contribution < -0.4 is 5.32 Å². The molecule has 0 amide bonds. The van der Waals surface area contributed by atoms with Gasteiger partial charge in [-0.05, 0) is 23.8 Å². The first-order chi connectivity index (χ1) is 14.6. The number of hydrogen-bond acceptors (Lipinski definition) is 4. The van der Waals surface area contributed by atoms with Crippen LogP contribution in [0.25, 0.3) is 0 Å². The molecule has 1 N–H and O–H groups in total. The third kappa shape index (κ3) is 4.45. The summed E-state index contributed by atoms with van der Waals surface area (Å²) >= 11 is 0. The molecule has 0 unspecified atom stereocenters. The number of aromatic nitrogens is 2. The first kappa shape index (κ1) is 21.4. The molecule has 2 atom stereocenters. The molecule has 0 spiro atoms. The molecule has 3 aromatic rings. The Morgan fingerprint density at radius 2 is 1.81 bits per heavy atom. The second kappa shape index (κ2) is 8.01. The number of aryl methyl sites for hydroxylation is 1. The van der Waals surface area contributed by atoms with Crippen LogP contribution in [0.1, 0.15) is 17.0 Å². The Hall–Kier alpha value is -2.85. The predicted molar refractivity (Wildman–Crippen MR) is 110 cm³/mol. The molecule has 2 aromatic carbocycles. The summed E-state index contributed by atoms with van der Waals surface area (Å²) in [6, 6.07) is 13.9. The molecule has 1 saturated heterocycles. The number of anilines is 1. The first-order valence-electron chi connectivity index (χ1n) is 9.61. The SMILES string of the molecule is Cn1cnc(S(=O)(=O)N2C[C@H](Nc3cccc(C(F)(F)F)c3)[C@@H](c3ccccc3)C2)c1. The summed E-state index contributed by atoms with van der Waals surface area (Å²) in [6.07, 6.45) is -1.61. The Balaban J connectivity index is 1.65. The minimum absolute atomic E-state index is 0.0541. The third-order valence-corrected chi connectivity index (χ3v) is 7.06. The minimum Gasteiger partial charge on any atom is -0.380 e. The normalized spacial score (nSPS) is 20.1. The van der Waals surface area contributed by atoms with Crippen molar-refractivity contribution < 1.29 is 21.6 Å². The van der Waals surface area contributed by atoms with Gasteiger partial charge in [-0.3, -0.25) is 0 Å². The van der Waals surface area contributed by atoms with E-state index in [1.54, 1.807) is 17.7 Å². The molecule has 4 rings (SSSR count). The number of sulfonamides is 1. The van der Waals surface area contributed by atoms with E-state index < -0.39 is 27.8 Å². The highest BCUT2D eigenvalue weighted by atomic mass is 32.2. The number of rotatable bonds is 5. The summed E-state index contributed by atoms with van der Waals surface area (Å²) < 4.78 is 68.4. The summed E-state index contributed by atoms with van der Waals surface area (Å²) in [7, 11) is -2.15. The van der Waals surface area contributed by atoms with Crippen molar-refractivity contribution in [3.8, 4) is 0 Å². The molecule has 164 valence electrons. The van der Waals surface area contributed by atoms with Crippen LogP contribution in [0.2, 0.25) is 0 Å². The lowest BCUT2D eigenvalue weighted by molar-refractivity contribution is -0.137. The van der Waals surface area contributed by atoms with Gasteiger partial charge in [0.1, 0.15) is 0 Å². The van der Waals surface area contributed by atoms with E-state index in [2.05, 4.69) is 10.3 Å². The molecular formula is C21H21F3N4O2S. The summed E-state index contributed by atoms with van der Waals surface area (Å²) in [5.74, 6) is -0.241. The van der Waals surface area contributed by atoms with E-state index in [9.17, 15) is 21.6 Å².